The molecular formula is C17H21FN2. The predicted octanol–water partition coefficient (Wildman–Crippen LogP) is 4.31. The molecule has 0 saturated heterocycles. The molecule has 0 aliphatic carbocycles. The first-order chi connectivity index (χ1) is 9.52. The molecule has 2 N–H and O–H groups in total. The molecule has 0 amide bonds. The van der Waals surface area contributed by atoms with Crippen LogP contribution in [0, 0.1) is 12.7 Å². The maximum Gasteiger partial charge on any atom is 0.147 e. The maximum absolute atomic E-state index is 14.3. The average molecular weight is 272 g/mol. The number of rotatable bonds is 4. The van der Waals surface area contributed by atoms with Gasteiger partial charge in [-0.2, -0.15) is 0 Å². The first-order valence-corrected chi connectivity index (χ1v) is 6.92. The molecule has 0 aliphatic heterocycles. The van der Waals surface area contributed by atoms with Crippen LogP contribution in [0.3, 0.4) is 0 Å². The summed E-state index contributed by atoms with van der Waals surface area (Å²) in [5.74, 6) is -0.234. The van der Waals surface area contributed by atoms with Crippen molar-refractivity contribution in [1.29, 1.82) is 0 Å². The highest BCUT2D eigenvalue weighted by atomic mass is 19.1. The molecule has 20 heavy (non-hydrogen) atoms. The Morgan fingerprint density at radius 2 is 1.80 bits per heavy atom. The average Bonchev–Trinajstić information content (AvgIpc) is 2.43. The van der Waals surface area contributed by atoms with Crippen molar-refractivity contribution in [3.8, 4) is 0 Å². The van der Waals surface area contributed by atoms with Crippen molar-refractivity contribution in [2.45, 2.75) is 26.8 Å². The molecule has 3 heteroatoms. The van der Waals surface area contributed by atoms with E-state index in [2.05, 4.69) is 0 Å². The Labute approximate surface area is 120 Å². The minimum atomic E-state index is -0.234. The highest BCUT2D eigenvalue weighted by Gasteiger charge is 2.13. The van der Waals surface area contributed by atoms with Gasteiger partial charge in [0.1, 0.15) is 5.82 Å². The van der Waals surface area contributed by atoms with Crippen molar-refractivity contribution in [2.24, 2.45) is 5.73 Å². The lowest BCUT2D eigenvalue weighted by molar-refractivity contribution is 0.620. The first kappa shape index (κ1) is 14.5. The van der Waals surface area contributed by atoms with E-state index in [1.807, 2.05) is 56.0 Å². The zero-order valence-electron chi connectivity index (χ0n) is 12.2. The molecule has 0 fully saturated rings. The van der Waals surface area contributed by atoms with Gasteiger partial charge in [0.25, 0.3) is 0 Å². The van der Waals surface area contributed by atoms with Crippen LogP contribution in [0.5, 0.6) is 0 Å². The second kappa shape index (κ2) is 6.06. The summed E-state index contributed by atoms with van der Waals surface area (Å²) in [6, 6.07) is 13.1. The van der Waals surface area contributed by atoms with Crippen molar-refractivity contribution in [2.75, 3.05) is 11.4 Å². The van der Waals surface area contributed by atoms with Crippen molar-refractivity contribution < 1.29 is 4.39 Å². The molecule has 0 heterocycles. The fourth-order valence-corrected chi connectivity index (χ4v) is 2.24. The van der Waals surface area contributed by atoms with E-state index in [1.165, 1.54) is 11.6 Å². The van der Waals surface area contributed by atoms with Gasteiger partial charge < -0.3 is 10.6 Å². The Kier molecular flexibility index (Phi) is 4.40. The number of nitrogens with zero attached hydrogens (tertiary/aromatic N) is 1. The summed E-state index contributed by atoms with van der Waals surface area (Å²) in [6.45, 7) is 6.61. The van der Waals surface area contributed by atoms with Gasteiger partial charge in [0, 0.05) is 18.3 Å². The van der Waals surface area contributed by atoms with Crippen LogP contribution in [0.25, 0.3) is 0 Å². The van der Waals surface area contributed by atoms with Crippen molar-refractivity contribution in [3.63, 3.8) is 0 Å². The molecule has 0 unspecified atom stereocenters. The van der Waals surface area contributed by atoms with Gasteiger partial charge in [-0.3, -0.25) is 0 Å². The van der Waals surface area contributed by atoms with E-state index >= 15 is 0 Å². The molecule has 0 saturated carbocycles. The van der Waals surface area contributed by atoms with Gasteiger partial charge in [-0.15, -0.1) is 0 Å². The number of nitrogens with two attached hydrogens (primary N) is 1. The van der Waals surface area contributed by atoms with Crippen molar-refractivity contribution in [3.05, 3.63) is 59.4 Å². The van der Waals surface area contributed by atoms with Crippen LogP contribution < -0.4 is 10.6 Å². The molecule has 106 valence electrons. The molecule has 0 spiro atoms. The summed E-state index contributed by atoms with van der Waals surface area (Å²) >= 11 is 0. The second-order valence-corrected chi connectivity index (χ2v) is 5.08. The molecule has 0 bridgehead atoms. The molecule has 2 nitrogen and oxygen atoms in total. The van der Waals surface area contributed by atoms with E-state index in [0.717, 1.165) is 11.3 Å². The standard InChI is InChI=1S/C17H21FN2/c1-4-20(15-8-5-12(2)6-9-15)17-10-7-14(13(3)19)11-16(17)18/h5-11,13H,4,19H2,1-3H3/t13-/m0/s1. The Morgan fingerprint density at radius 3 is 2.30 bits per heavy atom. The topological polar surface area (TPSA) is 29.3 Å². The normalized spacial score (nSPS) is 12.2. The Morgan fingerprint density at radius 1 is 1.15 bits per heavy atom. The van der Waals surface area contributed by atoms with Gasteiger partial charge in [-0.25, -0.2) is 4.39 Å². The van der Waals surface area contributed by atoms with Crippen LogP contribution >= 0.6 is 0 Å². The van der Waals surface area contributed by atoms with E-state index in [9.17, 15) is 4.39 Å². The lowest BCUT2D eigenvalue weighted by Gasteiger charge is -2.24. The van der Waals surface area contributed by atoms with Gasteiger partial charge in [0.05, 0.1) is 5.69 Å². The Hall–Kier alpha value is -1.87. The number of hydrogen-bond acceptors (Lipinski definition) is 2. The number of aryl methyl sites for hydroxylation is 1. The maximum atomic E-state index is 14.3. The zero-order valence-corrected chi connectivity index (χ0v) is 12.2. The molecule has 2 rings (SSSR count). The molecule has 0 radical (unpaired) electrons. The number of anilines is 2. The fraction of sp³-hybridized carbons (Fsp3) is 0.294. The Balaban J connectivity index is 2.39. The van der Waals surface area contributed by atoms with Crippen molar-refractivity contribution in [1.82, 2.24) is 0 Å². The monoisotopic (exact) mass is 272 g/mol. The summed E-state index contributed by atoms with van der Waals surface area (Å²) in [5.41, 5.74) is 9.37. The van der Waals surface area contributed by atoms with E-state index < -0.39 is 0 Å². The van der Waals surface area contributed by atoms with E-state index in [1.54, 1.807) is 6.07 Å². The molecule has 2 aromatic carbocycles. The molecule has 2 aromatic rings. The fourth-order valence-electron chi connectivity index (χ4n) is 2.24. The lowest BCUT2D eigenvalue weighted by atomic mass is 10.1. The first-order valence-electron chi connectivity index (χ1n) is 6.92. The van der Waals surface area contributed by atoms with Crippen molar-refractivity contribution >= 4 is 11.4 Å². The van der Waals surface area contributed by atoms with Crippen LogP contribution in [0.1, 0.15) is 31.0 Å². The summed E-state index contributed by atoms with van der Waals surface area (Å²) < 4.78 is 14.3. The third-order valence-corrected chi connectivity index (χ3v) is 3.45. The quantitative estimate of drug-likeness (QED) is 0.898. The SMILES string of the molecule is CCN(c1ccc(C)cc1)c1ccc([C@H](C)N)cc1F. The lowest BCUT2D eigenvalue weighted by Crippen LogP contribution is -2.18. The summed E-state index contributed by atoms with van der Waals surface area (Å²) in [6.07, 6.45) is 0. The number of hydrogen-bond donors (Lipinski definition) is 1. The summed E-state index contributed by atoms with van der Waals surface area (Å²) in [5, 5.41) is 0. The number of halogens is 1. The Bertz CT molecular complexity index is 576. The largest absolute Gasteiger partial charge is 0.339 e. The minimum absolute atomic E-state index is 0.159. The van der Waals surface area contributed by atoms with Crippen LogP contribution in [0.4, 0.5) is 15.8 Å². The van der Waals surface area contributed by atoms with E-state index in [0.29, 0.717) is 12.2 Å². The van der Waals surface area contributed by atoms with Gasteiger partial charge in [-0.1, -0.05) is 23.8 Å². The molecule has 0 aliphatic rings. The van der Waals surface area contributed by atoms with Crippen LogP contribution in [-0.2, 0) is 0 Å². The molecule has 0 aromatic heterocycles. The van der Waals surface area contributed by atoms with Gasteiger partial charge in [-0.05, 0) is 50.6 Å². The summed E-state index contributed by atoms with van der Waals surface area (Å²) in [7, 11) is 0. The van der Waals surface area contributed by atoms with Crippen LogP contribution in [-0.4, -0.2) is 6.54 Å². The zero-order chi connectivity index (χ0) is 14.7. The summed E-state index contributed by atoms with van der Waals surface area (Å²) in [4.78, 5) is 1.96. The van der Waals surface area contributed by atoms with Crippen LogP contribution in [0.2, 0.25) is 0 Å². The minimum Gasteiger partial charge on any atom is -0.339 e. The molecular weight excluding hydrogens is 251 g/mol. The van der Waals surface area contributed by atoms with E-state index in [-0.39, 0.29) is 11.9 Å². The second-order valence-electron chi connectivity index (χ2n) is 5.08. The van der Waals surface area contributed by atoms with E-state index in [4.69, 9.17) is 5.73 Å². The van der Waals surface area contributed by atoms with Crippen LogP contribution in [0.15, 0.2) is 42.5 Å². The third-order valence-electron chi connectivity index (χ3n) is 3.45. The smallest absolute Gasteiger partial charge is 0.147 e. The van der Waals surface area contributed by atoms with Gasteiger partial charge in [0.15, 0.2) is 0 Å². The predicted molar refractivity (Wildman–Crippen MR) is 82.9 cm³/mol. The highest BCUT2D eigenvalue weighted by molar-refractivity contribution is 5.64. The third kappa shape index (κ3) is 2.99. The number of benzene rings is 2. The van der Waals surface area contributed by atoms with Gasteiger partial charge in [0.2, 0.25) is 0 Å². The highest BCUT2D eigenvalue weighted by Crippen LogP contribution is 2.29. The van der Waals surface area contributed by atoms with Gasteiger partial charge >= 0.3 is 0 Å². The molecule has 1 atom stereocenters.